The Morgan fingerprint density at radius 1 is 1.16 bits per heavy atom. The number of nitrogens with zero attached hydrogens (tertiary/aromatic N) is 1. The maximum atomic E-state index is 12.2. The Hall–Kier alpha value is -1.30. The number of halogens is 1. The number of hydrogen-bond donors (Lipinski definition) is 2. The Morgan fingerprint density at radius 2 is 1.80 bits per heavy atom. The van der Waals surface area contributed by atoms with Crippen LogP contribution >= 0.6 is 11.6 Å². The van der Waals surface area contributed by atoms with Crippen LogP contribution < -0.4 is 10.6 Å². The quantitative estimate of drug-likeness (QED) is 0.741. The third-order valence-electron chi connectivity index (χ3n) is 4.95. The van der Waals surface area contributed by atoms with Gasteiger partial charge in [0.25, 0.3) is 0 Å². The van der Waals surface area contributed by atoms with Crippen molar-refractivity contribution in [3.8, 4) is 0 Å². The average Bonchev–Trinajstić information content (AvgIpc) is 2.65. The first-order chi connectivity index (χ1) is 12.1. The molecule has 5 nitrogen and oxygen atoms in total. The number of carbonyl (C=O) groups excluding carboxylic acids is 1. The number of ether oxygens (including phenoxy) is 1. The van der Waals surface area contributed by atoms with Gasteiger partial charge in [0.2, 0.25) is 0 Å². The molecular weight excluding hydrogens is 338 g/mol. The molecule has 1 saturated heterocycles. The van der Waals surface area contributed by atoms with E-state index in [0.29, 0.717) is 30.1 Å². The zero-order chi connectivity index (χ0) is 18.1. The van der Waals surface area contributed by atoms with Gasteiger partial charge >= 0.3 is 6.03 Å². The average molecular weight is 368 g/mol. The summed E-state index contributed by atoms with van der Waals surface area (Å²) in [6.45, 7) is 9.04. The Morgan fingerprint density at radius 3 is 2.40 bits per heavy atom. The third-order valence-corrected chi connectivity index (χ3v) is 5.20. The van der Waals surface area contributed by atoms with E-state index in [2.05, 4.69) is 29.4 Å². The van der Waals surface area contributed by atoms with Crippen LogP contribution in [0.15, 0.2) is 24.3 Å². The van der Waals surface area contributed by atoms with Gasteiger partial charge in [-0.25, -0.2) is 4.79 Å². The lowest BCUT2D eigenvalue weighted by Gasteiger charge is -2.38. The molecule has 0 bridgehead atoms. The zero-order valence-electron chi connectivity index (χ0n) is 15.3. The van der Waals surface area contributed by atoms with Crippen LogP contribution in [0, 0.1) is 5.92 Å². The van der Waals surface area contributed by atoms with Crippen LogP contribution in [0.2, 0.25) is 5.02 Å². The largest absolute Gasteiger partial charge is 0.379 e. The summed E-state index contributed by atoms with van der Waals surface area (Å²) >= 11 is 5.88. The molecule has 0 radical (unpaired) electrons. The Balaban J connectivity index is 1.83. The van der Waals surface area contributed by atoms with Crippen LogP contribution in [0.3, 0.4) is 0 Å². The van der Waals surface area contributed by atoms with Crippen LogP contribution in [0.5, 0.6) is 0 Å². The van der Waals surface area contributed by atoms with Gasteiger partial charge in [0.15, 0.2) is 0 Å². The van der Waals surface area contributed by atoms with Gasteiger partial charge in [-0.05, 0) is 23.6 Å². The number of benzene rings is 1. The van der Waals surface area contributed by atoms with Crippen molar-refractivity contribution in [1.82, 2.24) is 15.5 Å². The SMILES string of the molecule is CCC(CC)[C@H](CNC(=O)NCc1ccc(Cl)cc1)N1CCOCC1. The van der Waals surface area contributed by atoms with Gasteiger partial charge in [-0.15, -0.1) is 0 Å². The van der Waals surface area contributed by atoms with Crippen molar-refractivity contribution < 1.29 is 9.53 Å². The van der Waals surface area contributed by atoms with E-state index >= 15 is 0 Å². The predicted octanol–water partition coefficient (Wildman–Crippen LogP) is 3.28. The molecule has 1 heterocycles. The van der Waals surface area contributed by atoms with Crippen molar-refractivity contribution in [2.45, 2.75) is 39.3 Å². The van der Waals surface area contributed by atoms with Gasteiger partial charge in [0.1, 0.15) is 0 Å². The molecule has 25 heavy (non-hydrogen) atoms. The maximum Gasteiger partial charge on any atom is 0.315 e. The molecule has 2 amide bonds. The topological polar surface area (TPSA) is 53.6 Å². The van der Waals surface area contributed by atoms with Crippen molar-refractivity contribution in [2.75, 3.05) is 32.8 Å². The predicted molar refractivity (Wildman–Crippen MR) is 102 cm³/mol. The van der Waals surface area contributed by atoms with Gasteiger partial charge in [-0.3, -0.25) is 4.90 Å². The maximum absolute atomic E-state index is 12.2. The minimum Gasteiger partial charge on any atom is -0.379 e. The van der Waals surface area contributed by atoms with E-state index in [4.69, 9.17) is 16.3 Å². The second-order valence-electron chi connectivity index (χ2n) is 6.48. The fourth-order valence-corrected chi connectivity index (χ4v) is 3.51. The fraction of sp³-hybridized carbons (Fsp3) is 0.632. The molecule has 0 saturated carbocycles. The molecule has 2 N–H and O–H groups in total. The summed E-state index contributed by atoms with van der Waals surface area (Å²) in [6.07, 6.45) is 2.24. The standard InChI is InChI=1S/C19H30ClN3O2/c1-3-16(4-2)18(23-9-11-25-12-10-23)14-22-19(24)21-13-15-5-7-17(20)8-6-15/h5-8,16,18H,3-4,9-14H2,1-2H3,(H2,21,22,24)/t18-/m0/s1. The van der Waals surface area contributed by atoms with Crippen LogP contribution in [0.1, 0.15) is 32.3 Å². The number of carbonyl (C=O) groups is 1. The van der Waals surface area contributed by atoms with E-state index < -0.39 is 0 Å². The molecule has 1 aromatic rings. The molecule has 140 valence electrons. The molecule has 1 aliphatic heterocycles. The molecular formula is C19H30ClN3O2. The zero-order valence-corrected chi connectivity index (χ0v) is 16.0. The summed E-state index contributed by atoms with van der Waals surface area (Å²) in [5.41, 5.74) is 1.03. The number of hydrogen-bond acceptors (Lipinski definition) is 3. The molecule has 1 aromatic carbocycles. The second-order valence-corrected chi connectivity index (χ2v) is 6.92. The summed E-state index contributed by atoms with van der Waals surface area (Å²) in [5.74, 6) is 0.578. The highest BCUT2D eigenvalue weighted by atomic mass is 35.5. The van der Waals surface area contributed by atoms with Gasteiger partial charge in [-0.2, -0.15) is 0 Å². The van der Waals surface area contributed by atoms with Gasteiger partial charge in [0.05, 0.1) is 13.2 Å². The van der Waals surface area contributed by atoms with Gasteiger partial charge in [0, 0.05) is 37.2 Å². The lowest BCUT2D eigenvalue weighted by molar-refractivity contribution is 0.00237. The second kappa shape index (κ2) is 10.6. The normalized spacial score (nSPS) is 16.6. The van der Waals surface area contributed by atoms with E-state index in [0.717, 1.165) is 44.7 Å². The smallest absolute Gasteiger partial charge is 0.315 e. The summed E-state index contributed by atoms with van der Waals surface area (Å²) in [7, 11) is 0. The van der Waals surface area contributed by atoms with Crippen LogP contribution in [-0.4, -0.2) is 49.8 Å². The number of rotatable bonds is 8. The van der Waals surface area contributed by atoms with Gasteiger partial charge < -0.3 is 15.4 Å². The first kappa shape index (κ1) is 20.0. The first-order valence-corrected chi connectivity index (χ1v) is 9.59. The highest BCUT2D eigenvalue weighted by Crippen LogP contribution is 2.19. The Labute approximate surface area is 156 Å². The van der Waals surface area contributed by atoms with Crippen molar-refractivity contribution >= 4 is 17.6 Å². The van der Waals surface area contributed by atoms with Gasteiger partial charge in [-0.1, -0.05) is 50.4 Å². The minimum atomic E-state index is -0.126. The molecule has 1 aliphatic rings. The molecule has 1 fully saturated rings. The lowest BCUT2D eigenvalue weighted by Crippen LogP contribution is -2.53. The van der Waals surface area contributed by atoms with Crippen molar-refractivity contribution in [2.24, 2.45) is 5.92 Å². The molecule has 6 heteroatoms. The van der Waals surface area contributed by atoms with E-state index in [1.165, 1.54) is 0 Å². The minimum absolute atomic E-state index is 0.126. The summed E-state index contributed by atoms with van der Waals surface area (Å²) in [6, 6.07) is 7.74. The van der Waals surface area contributed by atoms with Crippen molar-refractivity contribution in [3.05, 3.63) is 34.9 Å². The van der Waals surface area contributed by atoms with Crippen molar-refractivity contribution in [3.63, 3.8) is 0 Å². The van der Waals surface area contributed by atoms with Crippen molar-refractivity contribution in [1.29, 1.82) is 0 Å². The van der Waals surface area contributed by atoms with E-state index in [1.54, 1.807) is 0 Å². The fourth-order valence-electron chi connectivity index (χ4n) is 3.38. The Kier molecular flexibility index (Phi) is 8.52. The molecule has 0 aliphatic carbocycles. The van der Waals surface area contributed by atoms with Crippen LogP contribution in [0.25, 0.3) is 0 Å². The highest BCUT2D eigenvalue weighted by molar-refractivity contribution is 6.30. The summed E-state index contributed by atoms with van der Waals surface area (Å²) in [5, 5.41) is 6.67. The molecule has 0 unspecified atom stereocenters. The number of amides is 2. The number of morpholine rings is 1. The first-order valence-electron chi connectivity index (χ1n) is 9.22. The Bertz CT molecular complexity index is 514. The molecule has 2 rings (SSSR count). The number of nitrogens with one attached hydrogen (secondary N) is 2. The van der Waals surface area contributed by atoms with E-state index in [1.807, 2.05) is 24.3 Å². The molecule has 0 spiro atoms. The van der Waals surface area contributed by atoms with Crippen LogP contribution in [0.4, 0.5) is 4.79 Å². The summed E-state index contributed by atoms with van der Waals surface area (Å²) in [4.78, 5) is 14.6. The third kappa shape index (κ3) is 6.49. The van der Waals surface area contributed by atoms with E-state index in [9.17, 15) is 4.79 Å². The summed E-state index contributed by atoms with van der Waals surface area (Å²) < 4.78 is 5.47. The molecule has 1 atom stereocenters. The monoisotopic (exact) mass is 367 g/mol. The van der Waals surface area contributed by atoms with Crippen LogP contribution in [-0.2, 0) is 11.3 Å². The number of urea groups is 1. The highest BCUT2D eigenvalue weighted by Gasteiger charge is 2.27. The molecule has 0 aromatic heterocycles. The lowest BCUT2D eigenvalue weighted by atomic mass is 9.92. The van der Waals surface area contributed by atoms with E-state index in [-0.39, 0.29) is 6.03 Å².